The van der Waals surface area contributed by atoms with E-state index < -0.39 is 0 Å². The second kappa shape index (κ2) is 10.7. The monoisotopic (exact) mass is 388 g/mol. The number of hydrogen-bond acceptors (Lipinski definition) is 4. The minimum Gasteiger partial charge on any atom is -0.494 e. The highest BCUT2D eigenvalue weighted by Gasteiger charge is 2.04. The third-order valence-corrected chi connectivity index (χ3v) is 4.08. The van der Waals surface area contributed by atoms with Crippen LogP contribution >= 0.6 is 0 Å². The van der Waals surface area contributed by atoms with E-state index in [-0.39, 0.29) is 5.91 Å². The summed E-state index contributed by atoms with van der Waals surface area (Å²) >= 11 is 0. The van der Waals surface area contributed by atoms with Gasteiger partial charge in [0.2, 0.25) is 0 Å². The zero-order valence-corrected chi connectivity index (χ0v) is 16.4. The van der Waals surface area contributed by atoms with Crippen molar-refractivity contribution in [3.05, 3.63) is 95.6 Å². The van der Waals surface area contributed by atoms with Crippen LogP contribution in [0.4, 0.5) is 0 Å². The van der Waals surface area contributed by atoms with Gasteiger partial charge in [-0.3, -0.25) is 4.79 Å². The summed E-state index contributed by atoms with van der Waals surface area (Å²) in [6.07, 6.45) is 2.53. The number of carbonyl (C=O) groups excluding carboxylic acids is 1. The first kappa shape index (κ1) is 20.1. The molecule has 0 spiro atoms. The molecular weight excluding hydrogens is 364 g/mol. The van der Waals surface area contributed by atoms with Crippen molar-refractivity contribution in [3.63, 3.8) is 0 Å². The van der Waals surface area contributed by atoms with E-state index in [9.17, 15) is 4.79 Å². The van der Waals surface area contributed by atoms with Crippen molar-refractivity contribution in [2.24, 2.45) is 5.10 Å². The Balaban J connectivity index is 1.52. The molecule has 0 heterocycles. The molecule has 0 atom stereocenters. The maximum absolute atomic E-state index is 12.2. The first-order valence-electron chi connectivity index (χ1n) is 9.57. The lowest BCUT2D eigenvalue weighted by molar-refractivity contribution is 0.0955. The van der Waals surface area contributed by atoms with Crippen molar-refractivity contribution >= 4 is 12.1 Å². The SMILES string of the molecule is CCCOc1ccc(C(=O)NN=Cc2cccc(OCc3ccccc3)c2)cc1. The lowest BCUT2D eigenvalue weighted by Crippen LogP contribution is -2.17. The number of hydrogen-bond donors (Lipinski definition) is 1. The molecule has 0 aliphatic carbocycles. The van der Waals surface area contributed by atoms with Crippen LogP contribution in [0.2, 0.25) is 0 Å². The van der Waals surface area contributed by atoms with Gasteiger partial charge in [0.25, 0.3) is 5.91 Å². The molecule has 3 aromatic carbocycles. The van der Waals surface area contributed by atoms with E-state index in [0.717, 1.165) is 29.0 Å². The highest BCUT2D eigenvalue weighted by Crippen LogP contribution is 2.15. The summed E-state index contributed by atoms with van der Waals surface area (Å²) in [5.41, 5.74) is 4.99. The fraction of sp³-hybridized carbons (Fsp3) is 0.167. The summed E-state index contributed by atoms with van der Waals surface area (Å²) in [6, 6.07) is 24.5. The van der Waals surface area contributed by atoms with Crippen LogP contribution < -0.4 is 14.9 Å². The van der Waals surface area contributed by atoms with Gasteiger partial charge in [0.15, 0.2) is 0 Å². The zero-order chi connectivity index (χ0) is 20.3. The van der Waals surface area contributed by atoms with Crippen molar-refractivity contribution in [1.29, 1.82) is 0 Å². The minimum absolute atomic E-state index is 0.278. The molecule has 148 valence electrons. The number of amides is 1. The van der Waals surface area contributed by atoms with Gasteiger partial charge in [0.1, 0.15) is 18.1 Å². The number of carbonyl (C=O) groups is 1. The summed E-state index contributed by atoms with van der Waals surface area (Å²) in [4.78, 5) is 12.2. The Morgan fingerprint density at radius 3 is 2.48 bits per heavy atom. The summed E-state index contributed by atoms with van der Waals surface area (Å²) in [7, 11) is 0. The van der Waals surface area contributed by atoms with Crippen molar-refractivity contribution in [2.45, 2.75) is 20.0 Å². The molecule has 1 N–H and O–H groups in total. The molecule has 29 heavy (non-hydrogen) atoms. The Labute approximate surface area is 171 Å². The fourth-order valence-corrected chi connectivity index (χ4v) is 2.58. The topological polar surface area (TPSA) is 59.9 Å². The number of nitrogens with zero attached hydrogens (tertiary/aromatic N) is 1. The van der Waals surface area contributed by atoms with Crippen LogP contribution in [0, 0.1) is 0 Å². The maximum atomic E-state index is 12.2. The van der Waals surface area contributed by atoms with Crippen molar-refractivity contribution in [2.75, 3.05) is 6.61 Å². The molecule has 0 fully saturated rings. The Morgan fingerprint density at radius 2 is 1.72 bits per heavy atom. The summed E-state index contributed by atoms with van der Waals surface area (Å²) < 4.78 is 11.3. The molecule has 0 saturated heterocycles. The molecule has 5 heteroatoms. The Morgan fingerprint density at radius 1 is 0.931 bits per heavy atom. The molecule has 0 aliphatic rings. The number of hydrazone groups is 1. The van der Waals surface area contributed by atoms with Crippen molar-refractivity contribution in [1.82, 2.24) is 5.43 Å². The van der Waals surface area contributed by atoms with Gasteiger partial charge < -0.3 is 9.47 Å². The summed E-state index contributed by atoms with van der Waals surface area (Å²) in [5, 5.41) is 4.04. The first-order chi connectivity index (χ1) is 14.2. The molecule has 0 bridgehead atoms. The van der Waals surface area contributed by atoms with Crippen LogP contribution in [0.5, 0.6) is 11.5 Å². The quantitative estimate of drug-likeness (QED) is 0.422. The van der Waals surface area contributed by atoms with E-state index in [1.165, 1.54) is 0 Å². The van der Waals surface area contributed by atoms with E-state index in [0.29, 0.717) is 18.8 Å². The van der Waals surface area contributed by atoms with Gasteiger partial charge in [-0.2, -0.15) is 5.10 Å². The van der Waals surface area contributed by atoms with Crippen LogP contribution in [0.25, 0.3) is 0 Å². The van der Waals surface area contributed by atoms with Gasteiger partial charge in [0.05, 0.1) is 12.8 Å². The fourth-order valence-electron chi connectivity index (χ4n) is 2.58. The van der Waals surface area contributed by atoms with Gasteiger partial charge in [-0.1, -0.05) is 49.4 Å². The van der Waals surface area contributed by atoms with E-state index in [4.69, 9.17) is 9.47 Å². The summed E-state index contributed by atoms with van der Waals surface area (Å²) in [6.45, 7) is 3.20. The molecule has 1 amide bonds. The van der Waals surface area contributed by atoms with Crippen LogP contribution in [0.3, 0.4) is 0 Å². The second-order valence-corrected chi connectivity index (χ2v) is 6.42. The predicted molar refractivity (Wildman–Crippen MR) is 115 cm³/mol. The molecular formula is C24H24N2O3. The second-order valence-electron chi connectivity index (χ2n) is 6.42. The van der Waals surface area contributed by atoms with E-state index >= 15 is 0 Å². The molecule has 0 aliphatic heterocycles. The number of nitrogens with one attached hydrogen (secondary N) is 1. The zero-order valence-electron chi connectivity index (χ0n) is 16.4. The van der Waals surface area contributed by atoms with Gasteiger partial charge in [0, 0.05) is 5.56 Å². The van der Waals surface area contributed by atoms with Crippen LogP contribution in [-0.2, 0) is 6.61 Å². The average molecular weight is 388 g/mol. The summed E-state index contributed by atoms with van der Waals surface area (Å²) in [5.74, 6) is 1.21. The number of benzene rings is 3. The van der Waals surface area contributed by atoms with E-state index in [2.05, 4.69) is 10.5 Å². The minimum atomic E-state index is -0.278. The highest BCUT2D eigenvalue weighted by atomic mass is 16.5. The van der Waals surface area contributed by atoms with Gasteiger partial charge in [-0.15, -0.1) is 0 Å². The van der Waals surface area contributed by atoms with Crippen molar-refractivity contribution < 1.29 is 14.3 Å². The molecule has 0 radical (unpaired) electrons. The van der Waals surface area contributed by atoms with E-state index in [1.807, 2.05) is 61.5 Å². The van der Waals surface area contributed by atoms with Crippen LogP contribution in [-0.4, -0.2) is 18.7 Å². The highest BCUT2D eigenvalue weighted by molar-refractivity contribution is 5.95. The molecule has 3 rings (SSSR count). The lowest BCUT2D eigenvalue weighted by Gasteiger charge is -2.07. The lowest BCUT2D eigenvalue weighted by atomic mass is 10.2. The largest absolute Gasteiger partial charge is 0.494 e. The third-order valence-electron chi connectivity index (χ3n) is 4.08. The van der Waals surface area contributed by atoms with Gasteiger partial charge >= 0.3 is 0 Å². The Hall–Kier alpha value is -3.60. The van der Waals surface area contributed by atoms with Gasteiger partial charge in [-0.25, -0.2) is 5.43 Å². The number of rotatable bonds is 9. The van der Waals surface area contributed by atoms with E-state index in [1.54, 1.807) is 30.5 Å². The standard InChI is InChI=1S/C24H24N2O3/c1-2-15-28-22-13-11-21(12-14-22)24(27)26-25-17-20-9-6-10-23(16-20)29-18-19-7-4-3-5-8-19/h3-14,16-17H,2,15,18H2,1H3,(H,26,27). The predicted octanol–water partition coefficient (Wildman–Crippen LogP) is 4.82. The molecule has 5 nitrogen and oxygen atoms in total. The maximum Gasteiger partial charge on any atom is 0.271 e. The normalized spacial score (nSPS) is 10.7. The van der Waals surface area contributed by atoms with Crippen LogP contribution in [0.1, 0.15) is 34.8 Å². The Bertz CT molecular complexity index is 938. The molecule has 0 unspecified atom stereocenters. The smallest absolute Gasteiger partial charge is 0.271 e. The average Bonchev–Trinajstić information content (AvgIpc) is 2.77. The van der Waals surface area contributed by atoms with Gasteiger partial charge in [-0.05, 0) is 53.9 Å². The third kappa shape index (κ3) is 6.50. The molecule has 0 saturated carbocycles. The number of ether oxygens (including phenoxy) is 2. The van der Waals surface area contributed by atoms with Crippen LogP contribution in [0.15, 0.2) is 84.0 Å². The molecule has 3 aromatic rings. The van der Waals surface area contributed by atoms with Crippen molar-refractivity contribution in [3.8, 4) is 11.5 Å². The molecule has 0 aromatic heterocycles. The Kier molecular flexibility index (Phi) is 7.41. The first-order valence-corrected chi connectivity index (χ1v) is 9.57.